The smallest absolute Gasteiger partial charge is 0.214 e. The molecule has 0 unspecified atom stereocenters. The molecule has 140 valence electrons. The van der Waals surface area contributed by atoms with Gasteiger partial charge >= 0.3 is 0 Å². The van der Waals surface area contributed by atoms with E-state index in [9.17, 15) is 13.5 Å². The van der Waals surface area contributed by atoms with Gasteiger partial charge < -0.3 is 5.11 Å². The number of aliphatic hydroxyl groups is 1. The second-order valence-electron chi connectivity index (χ2n) is 7.38. The fraction of sp³-hybridized carbons (Fsp3) is 0.429. The van der Waals surface area contributed by atoms with E-state index in [1.807, 2.05) is 54.6 Å². The van der Waals surface area contributed by atoms with E-state index in [4.69, 9.17) is 0 Å². The molecule has 1 fully saturated rings. The monoisotopic (exact) mass is 373 g/mol. The third kappa shape index (κ3) is 3.85. The van der Waals surface area contributed by atoms with Crippen LogP contribution in [0.1, 0.15) is 45.1 Å². The van der Waals surface area contributed by atoms with Gasteiger partial charge in [0.1, 0.15) is 5.60 Å². The Bertz CT molecular complexity index is 831. The molecule has 0 aromatic heterocycles. The van der Waals surface area contributed by atoms with Crippen LogP contribution in [0.3, 0.4) is 0 Å². The Balaban J connectivity index is 1.89. The van der Waals surface area contributed by atoms with Gasteiger partial charge in [-0.2, -0.15) is 0 Å². The lowest BCUT2D eigenvalue weighted by molar-refractivity contribution is -0.0249. The SMILES string of the molecule is CC(C)S(=O)(=O)N[C@@H]1CCCC[C@]1(O)c1ccc(-c2ccccc2)cc1. The summed E-state index contributed by atoms with van der Waals surface area (Å²) in [5.74, 6) is 0. The Hall–Kier alpha value is -1.69. The van der Waals surface area contributed by atoms with E-state index in [1.54, 1.807) is 13.8 Å². The van der Waals surface area contributed by atoms with Gasteiger partial charge in [0.2, 0.25) is 10.0 Å². The molecule has 1 saturated carbocycles. The molecule has 5 heteroatoms. The Labute approximate surface area is 156 Å². The molecule has 26 heavy (non-hydrogen) atoms. The van der Waals surface area contributed by atoms with Crippen LogP contribution in [0.25, 0.3) is 11.1 Å². The summed E-state index contributed by atoms with van der Waals surface area (Å²) in [5.41, 5.74) is 1.79. The van der Waals surface area contributed by atoms with Crippen molar-refractivity contribution in [1.82, 2.24) is 4.72 Å². The van der Waals surface area contributed by atoms with Gasteiger partial charge in [0.15, 0.2) is 0 Å². The summed E-state index contributed by atoms with van der Waals surface area (Å²) < 4.78 is 27.4. The Kier molecular flexibility index (Phi) is 5.51. The van der Waals surface area contributed by atoms with Crippen molar-refractivity contribution in [2.45, 2.75) is 56.4 Å². The van der Waals surface area contributed by atoms with Crippen molar-refractivity contribution in [3.63, 3.8) is 0 Å². The summed E-state index contributed by atoms with van der Waals surface area (Å²) in [6.07, 6.45) is 3.00. The molecular weight excluding hydrogens is 346 g/mol. The van der Waals surface area contributed by atoms with Crippen LogP contribution in [0.4, 0.5) is 0 Å². The van der Waals surface area contributed by atoms with Gasteiger partial charge in [0.05, 0.1) is 11.3 Å². The van der Waals surface area contributed by atoms with Crippen molar-refractivity contribution in [2.75, 3.05) is 0 Å². The zero-order chi connectivity index (χ0) is 18.8. The molecule has 0 aliphatic heterocycles. The average Bonchev–Trinajstić information content (AvgIpc) is 2.64. The molecule has 3 rings (SSSR count). The first-order valence-corrected chi connectivity index (χ1v) is 10.8. The quantitative estimate of drug-likeness (QED) is 0.837. The highest BCUT2D eigenvalue weighted by atomic mass is 32.2. The molecule has 2 N–H and O–H groups in total. The molecule has 0 saturated heterocycles. The highest BCUT2D eigenvalue weighted by Gasteiger charge is 2.42. The maximum Gasteiger partial charge on any atom is 0.214 e. The zero-order valence-corrected chi connectivity index (χ0v) is 16.2. The van der Waals surface area contributed by atoms with Gasteiger partial charge in [-0.25, -0.2) is 13.1 Å². The maximum atomic E-state index is 12.3. The number of hydrogen-bond acceptors (Lipinski definition) is 3. The van der Waals surface area contributed by atoms with Gasteiger partial charge in [-0.05, 0) is 43.4 Å². The maximum absolute atomic E-state index is 12.3. The van der Waals surface area contributed by atoms with Gasteiger partial charge in [0.25, 0.3) is 0 Å². The third-order valence-electron chi connectivity index (χ3n) is 5.30. The first kappa shape index (κ1) is 19.1. The predicted octanol–water partition coefficient (Wildman–Crippen LogP) is 3.81. The largest absolute Gasteiger partial charge is 0.383 e. The highest BCUT2D eigenvalue weighted by molar-refractivity contribution is 7.90. The van der Waals surface area contributed by atoms with Crippen LogP contribution in [-0.4, -0.2) is 24.8 Å². The number of sulfonamides is 1. The summed E-state index contributed by atoms with van der Waals surface area (Å²) in [5, 5.41) is 10.9. The van der Waals surface area contributed by atoms with Crippen molar-refractivity contribution in [2.24, 2.45) is 0 Å². The molecule has 0 amide bonds. The highest BCUT2D eigenvalue weighted by Crippen LogP contribution is 2.38. The first-order chi connectivity index (χ1) is 12.3. The Morgan fingerprint density at radius 3 is 2.23 bits per heavy atom. The molecule has 1 aliphatic carbocycles. The molecule has 2 atom stereocenters. The number of benzene rings is 2. The minimum Gasteiger partial charge on any atom is -0.383 e. The van der Waals surface area contributed by atoms with Gasteiger partial charge in [-0.15, -0.1) is 0 Å². The van der Waals surface area contributed by atoms with Gasteiger partial charge in [-0.1, -0.05) is 67.4 Å². The van der Waals surface area contributed by atoms with Crippen LogP contribution in [0.15, 0.2) is 54.6 Å². The van der Waals surface area contributed by atoms with Crippen LogP contribution >= 0.6 is 0 Å². The predicted molar refractivity (Wildman–Crippen MR) is 105 cm³/mol. The van der Waals surface area contributed by atoms with Crippen LogP contribution in [0, 0.1) is 0 Å². The normalized spacial score (nSPS) is 23.9. The molecular formula is C21H27NO3S. The summed E-state index contributed by atoms with van der Waals surface area (Å²) in [6.45, 7) is 3.30. The van der Waals surface area contributed by atoms with E-state index < -0.39 is 26.9 Å². The molecule has 2 aromatic rings. The lowest BCUT2D eigenvalue weighted by Crippen LogP contribution is -2.53. The van der Waals surface area contributed by atoms with E-state index in [2.05, 4.69) is 4.72 Å². The summed E-state index contributed by atoms with van der Waals surface area (Å²) >= 11 is 0. The van der Waals surface area contributed by atoms with E-state index >= 15 is 0 Å². The average molecular weight is 374 g/mol. The fourth-order valence-electron chi connectivity index (χ4n) is 3.57. The number of hydrogen-bond donors (Lipinski definition) is 2. The van der Waals surface area contributed by atoms with Crippen molar-refractivity contribution in [3.05, 3.63) is 60.2 Å². The van der Waals surface area contributed by atoms with Crippen LogP contribution in [-0.2, 0) is 15.6 Å². The fourth-order valence-corrected chi connectivity index (χ4v) is 4.56. The van der Waals surface area contributed by atoms with Crippen molar-refractivity contribution >= 4 is 10.0 Å². The molecule has 1 aliphatic rings. The van der Waals surface area contributed by atoms with Gasteiger partial charge in [-0.3, -0.25) is 0 Å². The second-order valence-corrected chi connectivity index (χ2v) is 9.65. The topological polar surface area (TPSA) is 66.4 Å². The van der Waals surface area contributed by atoms with E-state index in [0.717, 1.165) is 29.5 Å². The van der Waals surface area contributed by atoms with E-state index in [-0.39, 0.29) is 0 Å². The standard InChI is InChI=1S/C21H27NO3S/c1-16(2)26(24,25)22-20-10-6-7-15-21(20,23)19-13-11-18(12-14-19)17-8-4-3-5-9-17/h3-5,8-9,11-14,16,20,22-23H,6-7,10,15H2,1-2H3/t20-,21+/m1/s1. The van der Waals surface area contributed by atoms with Crippen LogP contribution in [0.5, 0.6) is 0 Å². The van der Waals surface area contributed by atoms with Crippen molar-refractivity contribution in [3.8, 4) is 11.1 Å². The Morgan fingerprint density at radius 1 is 1.00 bits per heavy atom. The van der Waals surface area contributed by atoms with Gasteiger partial charge in [0, 0.05) is 0 Å². The van der Waals surface area contributed by atoms with Crippen molar-refractivity contribution < 1.29 is 13.5 Å². The molecule has 4 nitrogen and oxygen atoms in total. The zero-order valence-electron chi connectivity index (χ0n) is 15.4. The molecule has 0 radical (unpaired) electrons. The molecule has 0 heterocycles. The molecule has 2 aromatic carbocycles. The lowest BCUT2D eigenvalue weighted by Gasteiger charge is -2.41. The number of nitrogens with one attached hydrogen (secondary N) is 1. The minimum absolute atomic E-state index is 0.494. The first-order valence-electron chi connectivity index (χ1n) is 9.22. The Morgan fingerprint density at radius 2 is 1.62 bits per heavy atom. The number of rotatable bonds is 5. The van der Waals surface area contributed by atoms with E-state index in [0.29, 0.717) is 12.8 Å². The summed E-state index contributed by atoms with van der Waals surface area (Å²) in [4.78, 5) is 0. The second kappa shape index (κ2) is 7.51. The minimum atomic E-state index is -3.44. The van der Waals surface area contributed by atoms with Crippen LogP contribution < -0.4 is 4.72 Å². The third-order valence-corrected chi connectivity index (χ3v) is 7.15. The van der Waals surface area contributed by atoms with E-state index in [1.165, 1.54) is 0 Å². The lowest BCUT2D eigenvalue weighted by atomic mass is 9.76. The van der Waals surface area contributed by atoms with Crippen LogP contribution in [0.2, 0.25) is 0 Å². The summed E-state index contributed by atoms with van der Waals surface area (Å²) in [7, 11) is -3.44. The summed E-state index contributed by atoms with van der Waals surface area (Å²) in [6, 6.07) is 17.4. The molecule has 0 spiro atoms. The van der Waals surface area contributed by atoms with Crippen molar-refractivity contribution in [1.29, 1.82) is 0 Å². The molecule has 0 bridgehead atoms.